The number of carbonyl (C=O) groups is 2. The van der Waals surface area contributed by atoms with Gasteiger partial charge in [0.1, 0.15) is 0 Å². The molecular weight excluding hydrogens is 373 g/mol. The Morgan fingerprint density at radius 2 is 1.58 bits per heavy atom. The first-order valence-electron chi connectivity index (χ1n) is 8.21. The Hall–Kier alpha value is -2.08. The Morgan fingerprint density at radius 1 is 0.962 bits per heavy atom. The first-order valence-corrected chi connectivity index (χ1v) is 8.59. The van der Waals surface area contributed by atoms with E-state index in [1.807, 2.05) is 0 Å². The van der Waals surface area contributed by atoms with E-state index < -0.39 is 0 Å². The summed E-state index contributed by atoms with van der Waals surface area (Å²) >= 11 is 6.06. The van der Waals surface area contributed by atoms with Crippen LogP contribution in [0.1, 0.15) is 27.1 Å². The number of rotatable bonds is 7. The molecule has 0 aliphatic heterocycles. The first kappa shape index (κ1) is 22.0. The number of hydrogen-bond donors (Lipinski definition) is 3. The molecule has 2 aromatic carbocycles. The second-order valence-electron chi connectivity index (χ2n) is 6.05. The summed E-state index contributed by atoms with van der Waals surface area (Å²) in [7, 11) is 4.14. The number of anilines is 1. The van der Waals surface area contributed by atoms with Crippen LogP contribution in [0.2, 0.25) is 5.02 Å². The zero-order valence-electron chi connectivity index (χ0n) is 14.8. The van der Waals surface area contributed by atoms with Gasteiger partial charge in [-0.2, -0.15) is 0 Å². The van der Waals surface area contributed by atoms with Crippen molar-refractivity contribution in [2.75, 3.05) is 32.5 Å². The highest BCUT2D eigenvalue weighted by Crippen LogP contribution is 2.19. The molecule has 0 saturated carbocycles. The molecule has 0 radical (unpaired) electrons. The molecule has 0 saturated heterocycles. The van der Waals surface area contributed by atoms with Crippen LogP contribution in [0.5, 0.6) is 0 Å². The van der Waals surface area contributed by atoms with Gasteiger partial charge in [0.2, 0.25) is 0 Å². The van der Waals surface area contributed by atoms with Crippen LogP contribution >= 0.6 is 11.6 Å². The number of para-hydroxylation sites is 1. The molecule has 2 aromatic rings. The predicted octanol–water partition coefficient (Wildman–Crippen LogP) is -1.14. The number of halogens is 2. The van der Waals surface area contributed by atoms with Crippen molar-refractivity contribution in [1.82, 2.24) is 5.32 Å². The molecule has 0 bridgehead atoms. The maximum atomic E-state index is 12.4. The Balaban J connectivity index is 0.00000338. The molecule has 0 heterocycles. The molecular formula is C19H23Cl2N3O2. The molecule has 3 N–H and O–H groups in total. The molecule has 140 valence electrons. The average molecular weight is 396 g/mol. The number of nitrogens with one attached hydrogen (secondary N) is 3. The van der Waals surface area contributed by atoms with Gasteiger partial charge in [-0.15, -0.1) is 0 Å². The standard InChI is InChI=1S/C19H22ClN3O2.ClH/c1-23(2)13-7-12-21-18(24)15-9-4-6-11-17(15)22-19(25)14-8-3-5-10-16(14)20;/h3-6,8-11H,7,12-13H2,1-2H3,(H,21,24)(H,22,25);1H. The molecule has 0 aliphatic carbocycles. The van der Waals surface area contributed by atoms with Crippen molar-refractivity contribution >= 4 is 29.1 Å². The Morgan fingerprint density at radius 3 is 2.23 bits per heavy atom. The normalized spacial score (nSPS) is 10.2. The fourth-order valence-electron chi connectivity index (χ4n) is 2.36. The lowest BCUT2D eigenvalue weighted by atomic mass is 10.1. The Labute approximate surface area is 165 Å². The van der Waals surface area contributed by atoms with Gasteiger partial charge in [0.25, 0.3) is 11.8 Å². The molecule has 2 rings (SSSR count). The van der Waals surface area contributed by atoms with Crippen LogP contribution in [0.15, 0.2) is 48.5 Å². The van der Waals surface area contributed by atoms with Crippen molar-refractivity contribution in [2.45, 2.75) is 6.42 Å². The van der Waals surface area contributed by atoms with Gasteiger partial charge in [-0.1, -0.05) is 35.9 Å². The summed E-state index contributed by atoms with van der Waals surface area (Å²) in [5.41, 5.74) is 1.26. The van der Waals surface area contributed by atoms with E-state index in [0.29, 0.717) is 28.4 Å². The summed E-state index contributed by atoms with van der Waals surface area (Å²) in [5.74, 6) is -0.550. The molecule has 2 amide bonds. The SMILES string of the molecule is C[NH+](C)CCCNC(=O)c1ccccc1NC(=O)c1ccccc1Cl.[Cl-]. The van der Waals surface area contributed by atoms with Crippen LogP contribution in [0, 0.1) is 0 Å². The van der Waals surface area contributed by atoms with Gasteiger partial charge < -0.3 is 27.9 Å². The van der Waals surface area contributed by atoms with Gasteiger partial charge in [-0.05, 0) is 24.3 Å². The third kappa shape index (κ3) is 6.33. The first-order chi connectivity index (χ1) is 12.0. The highest BCUT2D eigenvalue weighted by molar-refractivity contribution is 6.34. The van der Waals surface area contributed by atoms with Crippen molar-refractivity contribution in [3.05, 3.63) is 64.7 Å². The second kappa shape index (κ2) is 10.8. The van der Waals surface area contributed by atoms with Crippen molar-refractivity contribution in [1.29, 1.82) is 0 Å². The van der Waals surface area contributed by atoms with E-state index in [0.717, 1.165) is 13.0 Å². The van der Waals surface area contributed by atoms with Crippen molar-refractivity contribution in [3.63, 3.8) is 0 Å². The van der Waals surface area contributed by atoms with Gasteiger partial charge in [0.05, 0.1) is 42.5 Å². The lowest BCUT2D eigenvalue weighted by Crippen LogP contribution is -3.05. The van der Waals surface area contributed by atoms with E-state index >= 15 is 0 Å². The van der Waals surface area contributed by atoms with E-state index in [1.165, 1.54) is 4.90 Å². The van der Waals surface area contributed by atoms with Gasteiger partial charge in [-0.3, -0.25) is 9.59 Å². The van der Waals surface area contributed by atoms with Crippen molar-refractivity contribution < 1.29 is 26.9 Å². The smallest absolute Gasteiger partial charge is 0.257 e. The van der Waals surface area contributed by atoms with E-state index in [9.17, 15) is 9.59 Å². The molecule has 0 atom stereocenters. The summed E-state index contributed by atoms with van der Waals surface area (Å²) in [5, 5.41) is 6.03. The minimum atomic E-state index is -0.345. The van der Waals surface area contributed by atoms with Crippen LogP contribution < -0.4 is 27.9 Å². The monoisotopic (exact) mass is 395 g/mol. The maximum Gasteiger partial charge on any atom is 0.257 e. The zero-order chi connectivity index (χ0) is 18.2. The summed E-state index contributed by atoms with van der Waals surface area (Å²) in [6, 6.07) is 13.7. The third-order valence-electron chi connectivity index (χ3n) is 3.68. The van der Waals surface area contributed by atoms with Crippen molar-refractivity contribution in [3.8, 4) is 0 Å². The lowest BCUT2D eigenvalue weighted by Gasteiger charge is -2.12. The highest BCUT2D eigenvalue weighted by Gasteiger charge is 2.15. The number of hydrogen-bond acceptors (Lipinski definition) is 2. The number of benzene rings is 2. The molecule has 26 heavy (non-hydrogen) atoms. The fourth-order valence-corrected chi connectivity index (χ4v) is 2.59. The summed E-state index contributed by atoms with van der Waals surface area (Å²) < 4.78 is 0. The van der Waals surface area contributed by atoms with Crippen LogP contribution in [-0.4, -0.2) is 39.0 Å². The van der Waals surface area contributed by atoms with E-state index in [-0.39, 0.29) is 24.2 Å². The lowest BCUT2D eigenvalue weighted by molar-refractivity contribution is -0.858. The predicted molar refractivity (Wildman–Crippen MR) is 100 cm³/mol. The molecule has 0 fully saturated rings. The van der Waals surface area contributed by atoms with Gasteiger partial charge in [0, 0.05) is 13.0 Å². The summed E-state index contributed by atoms with van der Waals surface area (Å²) in [6.45, 7) is 1.57. The zero-order valence-corrected chi connectivity index (χ0v) is 16.3. The van der Waals surface area contributed by atoms with Gasteiger partial charge >= 0.3 is 0 Å². The summed E-state index contributed by atoms with van der Waals surface area (Å²) in [6.07, 6.45) is 0.891. The molecule has 7 heteroatoms. The number of carbonyl (C=O) groups excluding carboxylic acids is 2. The summed E-state index contributed by atoms with van der Waals surface area (Å²) in [4.78, 5) is 26.1. The maximum absolute atomic E-state index is 12.4. The minimum absolute atomic E-state index is 0. The molecule has 0 unspecified atom stereocenters. The fraction of sp³-hybridized carbons (Fsp3) is 0.263. The Bertz CT molecular complexity index is 751. The third-order valence-corrected chi connectivity index (χ3v) is 4.01. The number of quaternary nitrogens is 1. The molecule has 0 aromatic heterocycles. The second-order valence-corrected chi connectivity index (χ2v) is 6.45. The molecule has 5 nitrogen and oxygen atoms in total. The molecule has 0 aliphatic rings. The van der Waals surface area contributed by atoms with E-state index in [1.54, 1.807) is 48.5 Å². The minimum Gasteiger partial charge on any atom is -1.00 e. The largest absolute Gasteiger partial charge is 1.00 e. The van der Waals surface area contributed by atoms with Crippen molar-refractivity contribution in [2.24, 2.45) is 0 Å². The topological polar surface area (TPSA) is 62.6 Å². The van der Waals surface area contributed by atoms with E-state index in [4.69, 9.17) is 11.6 Å². The molecule has 0 spiro atoms. The van der Waals surface area contributed by atoms with Crippen LogP contribution in [0.4, 0.5) is 5.69 Å². The Kier molecular flexibility index (Phi) is 9.13. The van der Waals surface area contributed by atoms with Crippen LogP contribution in [0.25, 0.3) is 0 Å². The van der Waals surface area contributed by atoms with Gasteiger partial charge in [0.15, 0.2) is 0 Å². The highest BCUT2D eigenvalue weighted by atomic mass is 35.5. The quantitative estimate of drug-likeness (QED) is 0.519. The number of amides is 2. The average Bonchev–Trinajstić information content (AvgIpc) is 2.59. The van der Waals surface area contributed by atoms with Gasteiger partial charge in [-0.25, -0.2) is 0 Å². The van der Waals surface area contributed by atoms with E-state index in [2.05, 4.69) is 24.7 Å². The van der Waals surface area contributed by atoms with Crippen LogP contribution in [0.3, 0.4) is 0 Å². The van der Waals surface area contributed by atoms with Crippen LogP contribution in [-0.2, 0) is 0 Å².